The third kappa shape index (κ3) is 4.30. The standard InChI is InChI=1S/C28H25N3O2/c1-19-8-10-21(11-9-19)17-25-28(32)31-18-26(22-12-14-23(33-2)15-13-22)29-24(27(31)30-25)16-20-6-4-3-5-7-20/h3-15,18,29H,16-17H2,1-2H3. The summed E-state index contributed by atoms with van der Waals surface area (Å²) in [4.78, 5) is 21.7. The average molecular weight is 436 g/mol. The molecule has 0 atom stereocenters. The Kier molecular flexibility index (Phi) is 5.53. The molecule has 3 aromatic rings. The van der Waals surface area contributed by atoms with Crippen LogP contribution in [-0.4, -0.2) is 21.6 Å². The Morgan fingerprint density at radius 3 is 2.27 bits per heavy atom. The molecular formula is C28H25N3O2. The Morgan fingerprint density at radius 2 is 1.58 bits per heavy atom. The van der Waals surface area contributed by atoms with Gasteiger partial charge in [-0.15, -0.1) is 0 Å². The summed E-state index contributed by atoms with van der Waals surface area (Å²) >= 11 is 0. The Morgan fingerprint density at radius 1 is 0.879 bits per heavy atom. The smallest absolute Gasteiger partial charge is 0.278 e. The first-order chi connectivity index (χ1) is 16.1. The molecule has 0 radical (unpaired) electrons. The summed E-state index contributed by atoms with van der Waals surface area (Å²) < 4.78 is 6.97. The average Bonchev–Trinajstić information content (AvgIpc) is 3.17. The Labute approximate surface area is 192 Å². The van der Waals surface area contributed by atoms with Crippen LogP contribution >= 0.6 is 0 Å². The van der Waals surface area contributed by atoms with Crippen LogP contribution in [0.25, 0.3) is 17.1 Å². The van der Waals surface area contributed by atoms with Crippen molar-refractivity contribution in [3.8, 4) is 22.8 Å². The van der Waals surface area contributed by atoms with Gasteiger partial charge in [-0.25, -0.2) is 4.98 Å². The minimum absolute atomic E-state index is 0.0800. The van der Waals surface area contributed by atoms with Crippen molar-refractivity contribution in [1.82, 2.24) is 14.5 Å². The van der Waals surface area contributed by atoms with Crippen LogP contribution in [0.15, 0.2) is 89.9 Å². The summed E-state index contributed by atoms with van der Waals surface area (Å²) in [6.45, 7) is 2.06. The minimum Gasteiger partial charge on any atom is -0.497 e. The molecule has 2 aliphatic rings. The van der Waals surface area contributed by atoms with Crippen LogP contribution < -0.4 is 10.3 Å². The van der Waals surface area contributed by atoms with E-state index in [9.17, 15) is 4.79 Å². The van der Waals surface area contributed by atoms with Gasteiger partial charge in [0.25, 0.3) is 5.56 Å². The lowest BCUT2D eigenvalue weighted by molar-refractivity contribution is 0.415. The molecule has 2 aliphatic heterocycles. The van der Waals surface area contributed by atoms with Gasteiger partial charge in [-0.1, -0.05) is 60.2 Å². The van der Waals surface area contributed by atoms with Crippen LogP contribution in [0.4, 0.5) is 0 Å². The van der Waals surface area contributed by atoms with Crippen molar-refractivity contribution >= 4 is 0 Å². The zero-order valence-corrected chi connectivity index (χ0v) is 18.7. The zero-order chi connectivity index (χ0) is 22.8. The Hall–Kier alpha value is -4.12. The van der Waals surface area contributed by atoms with Crippen molar-refractivity contribution in [3.05, 3.63) is 123 Å². The quantitative estimate of drug-likeness (QED) is 0.401. The third-order valence-electron chi connectivity index (χ3n) is 5.87. The molecule has 33 heavy (non-hydrogen) atoms. The molecule has 0 aliphatic carbocycles. The molecule has 5 nitrogen and oxygen atoms in total. The summed E-state index contributed by atoms with van der Waals surface area (Å²) in [5.74, 6) is 1.46. The second kappa shape index (κ2) is 8.79. The summed E-state index contributed by atoms with van der Waals surface area (Å²) in [5, 5.41) is 0. The van der Waals surface area contributed by atoms with E-state index in [0.29, 0.717) is 24.4 Å². The molecular weight excluding hydrogens is 410 g/mol. The van der Waals surface area contributed by atoms with Crippen molar-refractivity contribution in [2.24, 2.45) is 0 Å². The lowest BCUT2D eigenvalue weighted by Crippen LogP contribution is -2.17. The van der Waals surface area contributed by atoms with E-state index in [4.69, 9.17) is 9.72 Å². The normalized spacial score (nSPS) is 11.1. The molecule has 0 saturated carbocycles. The number of nitrogens with one attached hydrogen (secondary N) is 1. The van der Waals surface area contributed by atoms with Crippen molar-refractivity contribution in [3.63, 3.8) is 0 Å². The molecule has 0 amide bonds. The first-order valence-electron chi connectivity index (χ1n) is 11.0. The van der Waals surface area contributed by atoms with Crippen LogP contribution in [0.3, 0.4) is 0 Å². The fraction of sp³-hybridized carbons (Fsp3) is 0.143. The van der Waals surface area contributed by atoms with Gasteiger partial charge in [0.05, 0.1) is 18.5 Å². The summed E-state index contributed by atoms with van der Waals surface area (Å²) in [6.07, 6.45) is 3.00. The van der Waals surface area contributed by atoms with Gasteiger partial charge in [-0.2, -0.15) is 0 Å². The number of ether oxygens (including phenoxy) is 1. The molecule has 0 bridgehead atoms. The molecule has 0 fully saturated rings. The largest absolute Gasteiger partial charge is 0.497 e. The molecule has 0 unspecified atom stereocenters. The second-order valence-corrected chi connectivity index (χ2v) is 8.26. The van der Waals surface area contributed by atoms with Crippen LogP contribution in [0.5, 0.6) is 5.75 Å². The number of nitrogens with zero attached hydrogens (tertiary/aromatic N) is 2. The maximum absolute atomic E-state index is 13.4. The summed E-state index contributed by atoms with van der Waals surface area (Å²) in [5.41, 5.74) is 6.62. The molecule has 0 saturated heterocycles. The number of rotatable bonds is 6. The van der Waals surface area contributed by atoms with E-state index >= 15 is 0 Å². The first-order valence-corrected chi connectivity index (χ1v) is 11.0. The molecule has 0 spiro atoms. The van der Waals surface area contributed by atoms with Crippen LogP contribution in [0, 0.1) is 6.92 Å². The van der Waals surface area contributed by atoms with E-state index in [1.165, 1.54) is 5.56 Å². The van der Waals surface area contributed by atoms with Gasteiger partial charge < -0.3 is 9.72 Å². The Balaban J connectivity index is 1.62. The predicted octanol–water partition coefficient (Wildman–Crippen LogP) is 5.16. The van der Waals surface area contributed by atoms with Gasteiger partial charge in [0.1, 0.15) is 11.4 Å². The maximum atomic E-state index is 13.4. The minimum atomic E-state index is -0.0800. The SMILES string of the molecule is COc1ccc(-c2cn3c(=O)c(Cc4ccc(C)cc4)nc-3c(Cc3ccccc3)[nH]2)cc1. The number of aromatic nitrogens is 3. The molecule has 1 N–H and O–H groups in total. The zero-order valence-electron chi connectivity index (χ0n) is 18.7. The number of aryl methyl sites for hydroxylation is 1. The maximum Gasteiger partial charge on any atom is 0.278 e. The molecule has 3 aromatic carbocycles. The lowest BCUT2D eigenvalue weighted by Gasteiger charge is -2.13. The van der Waals surface area contributed by atoms with E-state index in [1.807, 2.05) is 48.7 Å². The highest BCUT2D eigenvalue weighted by Gasteiger charge is 2.20. The molecule has 5 heteroatoms. The Bertz CT molecular complexity index is 1400. The van der Waals surface area contributed by atoms with E-state index < -0.39 is 0 Å². The molecule has 0 aromatic heterocycles. The van der Waals surface area contributed by atoms with Gasteiger partial charge in [0.15, 0.2) is 5.82 Å². The van der Waals surface area contributed by atoms with Gasteiger partial charge in [-0.05, 0) is 47.9 Å². The summed E-state index contributed by atoms with van der Waals surface area (Å²) in [7, 11) is 1.65. The second-order valence-electron chi connectivity index (χ2n) is 8.26. The number of aromatic amines is 1. The van der Waals surface area contributed by atoms with E-state index in [0.717, 1.165) is 33.8 Å². The van der Waals surface area contributed by atoms with Crippen molar-refractivity contribution < 1.29 is 4.74 Å². The number of fused-ring (bicyclic) bond motifs is 1. The monoisotopic (exact) mass is 435 g/mol. The van der Waals surface area contributed by atoms with Gasteiger partial charge >= 0.3 is 0 Å². The van der Waals surface area contributed by atoms with E-state index in [2.05, 4.69) is 48.3 Å². The number of imidazole rings is 1. The van der Waals surface area contributed by atoms with Crippen LogP contribution in [-0.2, 0) is 12.8 Å². The highest BCUT2D eigenvalue weighted by Crippen LogP contribution is 2.25. The number of H-pyrrole nitrogens is 1. The molecule has 164 valence electrons. The fourth-order valence-electron chi connectivity index (χ4n) is 4.03. The third-order valence-corrected chi connectivity index (χ3v) is 5.87. The number of hydrogen-bond acceptors (Lipinski definition) is 3. The van der Waals surface area contributed by atoms with Gasteiger partial charge in [-0.3, -0.25) is 9.36 Å². The van der Waals surface area contributed by atoms with Crippen LogP contribution in [0.1, 0.15) is 28.1 Å². The van der Waals surface area contributed by atoms with Crippen molar-refractivity contribution in [1.29, 1.82) is 0 Å². The van der Waals surface area contributed by atoms with Crippen molar-refractivity contribution in [2.75, 3.05) is 7.11 Å². The van der Waals surface area contributed by atoms with Gasteiger partial charge in [0.2, 0.25) is 0 Å². The lowest BCUT2D eigenvalue weighted by atomic mass is 10.1. The van der Waals surface area contributed by atoms with Crippen LogP contribution in [0.2, 0.25) is 0 Å². The first kappa shape index (κ1) is 20.8. The predicted molar refractivity (Wildman–Crippen MR) is 131 cm³/mol. The van der Waals surface area contributed by atoms with E-state index in [1.54, 1.807) is 11.7 Å². The fourth-order valence-corrected chi connectivity index (χ4v) is 4.03. The topological polar surface area (TPSA) is 59.9 Å². The number of benzene rings is 3. The highest BCUT2D eigenvalue weighted by atomic mass is 16.5. The van der Waals surface area contributed by atoms with Gasteiger partial charge in [0, 0.05) is 19.0 Å². The molecule has 2 heterocycles. The van der Waals surface area contributed by atoms with E-state index in [-0.39, 0.29) is 5.56 Å². The molecule has 5 rings (SSSR count). The summed E-state index contributed by atoms with van der Waals surface area (Å²) in [6, 6.07) is 26.2. The number of methoxy groups -OCH3 is 1. The van der Waals surface area contributed by atoms with Crippen molar-refractivity contribution in [2.45, 2.75) is 19.8 Å². The highest BCUT2D eigenvalue weighted by molar-refractivity contribution is 5.61. The number of hydrogen-bond donors (Lipinski definition) is 1.